The van der Waals surface area contributed by atoms with Crippen molar-refractivity contribution in [3.8, 4) is 11.3 Å². The molecule has 0 saturated heterocycles. The summed E-state index contributed by atoms with van der Waals surface area (Å²) in [5.41, 5.74) is 7.58. The lowest BCUT2D eigenvalue weighted by molar-refractivity contribution is 0.586. The molecule has 0 aliphatic heterocycles. The lowest BCUT2D eigenvalue weighted by Gasteiger charge is -2.17. The van der Waals surface area contributed by atoms with Crippen LogP contribution in [0.25, 0.3) is 11.3 Å². The Kier molecular flexibility index (Phi) is 3.43. The van der Waals surface area contributed by atoms with Crippen LogP contribution in [0.3, 0.4) is 0 Å². The second-order valence-corrected chi connectivity index (χ2v) is 4.89. The predicted octanol–water partition coefficient (Wildman–Crippen LogP) is 3.33. The number of nitrogen functional groups attached to an aromatic ring is 1. The predicted molar refractivity (Wildman–Crippen MR) is 75.9 cm³/mol. The lowest BCUT2D eigenvalue weighted by Crippen LogP contribution is -2.25. The number of halogens is 1. The van der Waals surface area contributed by atoms with Crippen molar-refractivity contribution in [3.05, 3.63) is 51.8 Å². The molecule has 1 heterocycles. The number of nitrogens with zero attached hydrogens (tertiary/aromatic N) is 1. The SMILES string of the molecule is CC(C)n1c(-c2ccc(Cl)cc2)ccc(N)c1=O. The number of nitrogens with two attached hydrogens (primary N) is 1. The average Bonchev–Trinajstić information content (AvgIpc) is 2.33. The van der Waals surface area contributed by atoms with Gasteiger partial charge in [-0.05, 0) is 43.7 Å². The van der Waals surface area contributed by atoms with Gasteiger partial charge < -0.3 is 10.3 Å². The third-order valence-electron chi connectivity index (χ3n) is 2.80. The summed E-state index contributed by atoms with van der Waals surface area (Å²) in [5.74, 6) is 0. The Morgan fingerprint density at radius 1 is 1.11 bits per heavy atom. The smallest absolute Gasteiger partial charge is 0.274 e. The summed E-state index contributed by atoms with van der Waals surface area (Å²) in [4.78, 5) is 12.1. The van der Waals surface area contributed by atoms with Gasteiger partial charge in [0.1, 0.15) is 0 Å². The van der Waals surface area contributed by atoms with Crippen LogP contribution in [0.5, 0.6) is 0 Å². The summed E-state index contributed by atoms with van der Waals surface area (Å²) in [6.45, 7) is 3.92. The Bertz CT molecular complexity index is 615. The molecule has 0 spiro atoms. The minimum absolute atomic E-state index is 0.0479. The van der Waals surface area contributed by atoms with Crippen LogP contribution in [-0.2, 0) is 0 Å². The highest BCUT2D eigenvalue weighted by molar-refractivity contribution is 6.30. The highest BCUT2D eigenvalue weighted by atomic mass is 35.5. The standard InChI is InChI=1S/C14H15ClN2O/c1-9(2)17-13(8-7-12(16)14(17)18)10-3-5-11(15)6-4-10/h3-9H,16H2,1-2H3. The maximum atomic E-state index is 12.1. The zero-order valence-electron chi connectivity index (χ0n) is 10.4. The second-order valence-electron chi connectivity index (χ2n) is 4.45. The molecule has 0 bridgehead atoms. The maximum absolute atomic E-state index is 12.1. The molecule has 1 aromatic heterocycles. The molecule has 0 fully saturated rings. The van der Waals surface area contributed by atoms with Crippen LogP contribution >= 0.6 is 11.6 Å². The van der Waals surface area contributed by atoms with Gasteiger partial charge in [-0.15, -0.1) is 0 Å². The summed E-state index contributed by atoms with van der Waals surface area (Å²) in [6, 6.07) is 11.0. The number of pyridine rings is 1. The number of hydrogen-bond donors (Lipinski definition) is 1. The zero-order chi connectivity index (χ0) is 13.3. The molecule has 4 heteroatoms. The summed E-state index contributed by atoms with van der Waals surface area (Å²) >= 11 is 5.87. The van der Waals surface area contributed by atoms with Gasteiger partial charge in [0.15, 0.2) is 0 Å². The van der Waals surface area contributed by atoms with Crippen LogP contribution in [0.1, 0.15) is 19.9 Å². The van der Waals surface area contributed by atoms with Gasteiger partial charge in [-0.3, -0.25) is 4.79 Å². The van der Waals surface area contributed by atoms with E-state index in [4.69, 9.17) is 17.3 Å². The lowest BCUT2D eigenvalue weighted by atomic mass is 10.1. The van der Waals surface area contributed by atoms with Gasteiger partial charge in [-0.2, -0.15) is 0 Å². The van der Waals surface area contributed by atoms with Crippen molar-refractivity contribution >= 4 is 17.3 Å². The van der Waals surface area contributed by atoms with Crippen LogP contribution in [0.2, 0.25) is 5.02 Å². The maximum Gasteiger partial charge on any atom is 0.274 e. The zero-order valence-corrected chi connectivity index (χ0v) is 11.1. The van der Waals surface area contributed by atoms with E-state index in [-0.39, 0.29) is 17.3 Å². The van der Waals surface area contributed by atoms with Gasteiger partial charge in [0.25, 0.3) is 5.56 Å². The fraction of sp³-hybridized carbons (Fsp3) is 0.214. The highest BCUT2D eigenvalue weighted by Gasteiger charge is 2.11. The van der Waals surface area contributed by atoms with E-state index in [2.05, 4.69) is 0 Å². The first kappa shape index (κ1) is 12.7. The van der Waals surface area contributed by atoms with E-state index in [1.807, 2.05) is 44.2 Å². The Hall–Kier alpha value is -1.74. The van der Waals surface area contributed by atoms with Crippen LogP contribution in [0.15, 0.2) is 41.2 Å². The van der Waals surface area contributed by atoms with E-state index in [9.17, 15) is 4.79 Å². The molecule has 0 atom stereocenters. The largest absolute Gasteiger partial charge is 0.394 e. The summed E-state index contributed by atoms with van der Waals surface area (Å²) in [6.07, 6.45) is 0. The van der Waals surface area contributed by atoms with Crippen molar-refractivity contribution in [2.45, 2.75) is 19.9 Å². The van der Waals surface area contributed by atoms with Crippen LogP contribution < -0.4 is 11.3 Å². The molecule has 2 N–H and O–H groups in total. The molecule has 0 aliphatic rings. The Morgan fingerprint density at radius 2 is 1.72 bits per heavy atom. The van der Waals surface area contributed by atoms with E-state index in [1.54, 1.807) is 10.6 Å². The van der Waals surface area contributed by atoms with Crippen molar-refractivity contribution in [2.24, 2.45) is 0 Å². The quantitative estimate of drug-likeness (QED) is 0.902. The van der Waals surface area contributed by atoms with Crippen molar-refractivity contribution in [1.82, 2.24) is 4.57 Å². The van der Waals surface area contributed by atoms with E-state index in [0.717, 1.165) is 11.3 Å². The van der Waals surface area contributed by atoms with Crippen LogP contribution in [-0.4, -0.2) is 4.57 Å². The Balaban J connectivity index is 2.68. The molecule has 1 aromatic carbocycles. The third-order valence-corrected chi connectivity index (χ3v) is 3.05. The fourth-order valence-corrected chi connectivity index (χ4v) is 2.06. The molecule has 3 nitrogen and oxygen atoms in total. The monoisotopic (exact) mass is 262 g/mol. The molecule has 0 aliphatic carbocycles. The van der Waals surface area contributed by atoms with Crippen molar-refractivity contribution in [3.63, 3.8) is 0 Å². The van der Waals surface area contributed by atoms with E-state index in [0.29, 0.717) is 5.02 Å². The average molecular weight is 263 g/mol. The van der Waals surface area contributed by atoms with Gasteiger partial charge in [-0.1, -0.05) is 23.7 Å². The molecule has 18 heavy (non-hydrogen) atoms. The Labute approximate surface area is 111 Å². The van der Waals surface area contributed by atoms with E-state index < -0.39 is 0 Å². The number of rotatable bonds is 2. The van der Waals surface area contributed by atoms with Gasteiger partial charge in [0.05, 0.1) is 11.4 Å². The van der Waals surface area contributed by atoms with Gasteiger partial charge in [-0.25, -0.2) is 0 Å². The van der Waals surface area contributed by atoms with Gasteiger partial charge in [0.2, 0.25) is 0 Å². The first-order valence-corrected chi connectivity index (χ1v) is 6.15. The molecular weight excluding hydrogens is 248 g/mol. The molecule has 2 rings (SSSR count). The van der Waals surface area contributed by atoms with Crippen LogP contribution in [0, 0.1) is 0 Å². The first-order valence-electron chi connectivity index (χ1n) is 5.77. The van der Waals surface area contributed by atoms with E-state index >= 15 is 0 Å². The second kappa shape index (κ2) is 4.86. The molecule has 0 radical (unpaired) electrons. The summed E-state index contributed by atoms with van der Waals surface area (Å²) in [5, 5.41) is 0.674. The number of anilines is 1. The number of aromatic nitrogens is 1. The van der Waals surface area contributed by atoms with Crippen LogP contribution in [0.4, 0.5) is 5.69 Å². The molecule has 94 valence electrons. The molecule has 0 saturated carbocycles. The van der Waals surface area contributed by atoms with Gasteiger partial charge in [0, 0.05) is 11.1 Å². The first-order chi connectivity index (χ1) is 8.50. The van der Waals surface area contributed by atoms with Crippen molar-refractivity contribution < 1.29 is 0 Å². The minimum atomic E-state index is -0.155. The molecular formula is C14H15ClN2O. The van der Waals surface area contributed by atoms with E-state index in [1.165, 1.54) is 0 Å². The number of hydrogen-bond acceptors (Lipinski definition) is 2. The summed E-state index contributed by atoms with van der Waals surface area (Å²) < 4.78 is 1.69. The van der Waals surface area contributed by atoms with Gasteiger partial charge >= 0.3 is 0 Å². The van der Waals surface area contributed by atoms with Crippen molar-refractivity contribution in [1.29, 1.82) is 0 Å². The topological polar surface area (TPSA) is 48.0 Å². The number of benzene rings is 1. The highest BCUT2D eigenvalue weighted by Crippen LogP contribution is 2.23. The normalized spacial score (nSPS) is 10.9. The molecule has 0 unspecified atom stereocenters. The molecule has 2 aromatic rings. The van der Waals surface area contributed by atoms with Crippen molar-refractivity contribution in [2.75, 3.05) is 5.73 Å². The summed E-state index contributed by atoms with van der Waals surface area (Å²) in [7, 11) is 0. The minimum Gasteiger partial charge on any atom is -0.394 e. The third kappa shape index (κ3) is 2.27. The fourth-order valence-electron chi connectivity index (χ4n) is 1.94. The Morgan fingerprint density at radius 3 is 2.28 bits per heavy atom. The molecule has 0 amide bonds.